The SMILES string of the molecule is CCOc1cc(F)ccc1NCc1cnc(Cl)s1. The van der Waals surface area contributed by atoms with Crippen molar-refractivity contribution < 1.29 is 9.13 Å². The summed E-state index contributed by atoms with van der Waals surface area (Å²) in [6.07, 6.45) is 1.71. The summed E-state index contributed by atoms with van der Waals surface area (Å²) in [4.78, 5) is 4.96. The number of halogens is 2. The van der Waals surface area contributed by atoms with Gasteiger partial charge in [-0.1, -0.05) is 11.6 Å². The molecule has 3 nitrogen and oxygen atoms in total. The van der Waals surface area contributed by atoms with Crippen LogP contribution in [-0.4, -0.2) is 11.6 Å². The zero-order valence-electron chi connectivity index (χ0n) is 9.74. The number of rotatable bonds is 5. The summed E-state index contributed by atoms with van der Waals surface area (Å²) in [5, 5.41) is 3.18. The largest absolute Gasteiger partial charge is 0.492 e. The Morgan fingerprint density at radius 3 is 3.00 bits per heavy atom. The Labute approximate surface area is 114 Å². The van der Waals surface area contributed by atoms with Crippen LogP contribution in [0.4, 0.5) is 10.1 Å². The predicted octanol–water partition coefficient (Wildman–Crippen LogP) is 3.95. The maximum absolute atomic E-state index is 13.1. The lowest BCUT2D eigenvalue weighted by atomic mass is 10.3. The van der Waals surface area contributed by atoms with E-state index in [1.165, 1.54) is 23.5 Å². The number of aromatic nitrogens is 1. The van der Waals surface area contributed by atoms with Crippen LogP contribution >= 0.6 is 22.9 Å². The number of anilines is 1. The van der Waals surface area contributed by atoms with Crippen molar-refractivity contribution in [1.29, 1.82) is 0 Å². The van der Waals surface area contributed by atoms with Gasteiger partial charge in [0.1, 0.15) is 11.6 Å². The van der Waals surface area contributed by atoms with Crippen molar-refractivity contribution >= 4 is 28.6 Å². The Kier molecular flexibility index (Phi) is 4.38. The minimum absolute atomic E-state index is 0.315. The lowest BCUT2D eigenvalue weighted by Gasteiger charge is -2.11. The second kappa shape index (κ2) is 6.02. The molecule has 2 rings (SSSR count). The van der Waals surface area contributed by atoms with Crippen LogP contribution in [0.5, 0.6) is 5.75 Å². The van der Waals surface area contributed by atoms with Crippen LogP contribution in [0.1, 0.15) is 11.8 Å². The molecule has 0 bridgehead atoms. The fraction of sp³-hybridized carbons (Fsp3) is 0.250. The molecule has 0 aliphatic carbocycles. The molecule has 1 aromatic carbocycles. The Morgan fingerprint density at radius 1 is 1.50 bits per heavy atom. The lowest BCUT2D eigenvalue weighted by Crippen LogP contribution is -2.02. The van der Waals surface area contributed by atoms with E-state index in [9.17, 15) is 4.39 Å². The van der Waals surface area contributed by atoms with E-state index in [1.54, 1.807) is 12.3 Å². The molecule has 1 heterocycles. The molecule has 0 aliphatic heterocycles. The Morgan fingerprint density at radius 2 is 2.33 bits per heavy atom. The number of hydrogen-bond acceptors (Lipinski definition) is 4. The molecular weight excluding hydrogens is 275 g/mol. The first kappa shape index (κ1) is 13.1. The van der Waals surface area contributed by atoms with Gasteiger partial charge in [-0.15, -0.1) is 11.3 Å². The van der Waals surface area contributed by atoms with Gasteiger partial charge in [0.05, 0.1) is 18.8 Å². The molecule has 0 spiro atoms. The first-order valence-electron chi connectivity index (χ1n) is 5.45. The lowest BCUT2D eigenvalue weighted by molar-refractivity contribution is 0.340. The monoisotopic (exact) mass is 286 g/mol. The standard InChI is InChI=1S/C12H12ClFN2OS/c1-2-17-11-5-8(14)3-4-10(11)15-6-9-7-16-12(13)18-9/h3-5,7,15H,2,6H2,1H3. The number of hydrogen-bond donors (Lipinski definition) is 1. The Bertz CT molecular complexity index is 533. The van der Waals surface area contributed by atoms with Crippen LogP contribution < -0.4 is 10.1 Å². The summed E-state index contributed by atoms with van der Waals surface area (Å²) in [5.41, 5.74) is 0.753. The quantitative estimate of drug-likeness (QED) is 0.904. The molecule has 0 amide bonds. The van der Waals surface area contributed by atoms with Gasteiger partial charge < -0.3 is 10.1 Å². The highest BCUT2D eigenvalue weighted by Crippen LogP contribution is 2.27. The van der Waals surface area contributed by atoms with Crippen LogP contribution in [0, 0.1) is 5.82 Å². The first-order chi connectivity index (χ1) is 8.69. The van der Waals surface area contributed by atoms with Crippen LogP contribution in [-0.2, 0) is 6.54 Å². The third kappa shape index (κ3) is 3.34. The van der Waals surface area contributed by atoms with Crippen molar-refractivity contribution in [3.05, 3.63) is 39.6 Å². The van der Waals surface area contributed by atoms with E-state index in [2.05, 4.69) is 10.3 Å². The molecule has 0 unspecified atom stereocenters. The molecule has 0 saturated carbocycles. The summed E-state index contributed by atoms with van der Waals surface area (Å²) < 4.78 is 19.0. The molecule has 0 saturated heterocycles. The third-order valence-electron chi connectivity index (χ3n) is 2.22. The molecule has 2 aromatic rings. The zero-order valence-corrected chi connectivity index (χ0v) is 11.3. The Balaban J connectivity index is 2.08. The highest BCUT2D eigenvalue weighted by atomic mass is 35.5. The second-order valence-electron chi connectivity index (χ2n) is 3.51. The molecule has 0 radical (unpaired) electrons. The van der Waals surface area contributed by atoms with Crippen molar-refractivity contribution in [2.75, 3.05) is 11.9 Å². The normalized spacial score (nSPS) is 10.4. The number of benzene rings is 1. The summed E-state index contributed by atoms with van der Waals surface area (Å²) >= 11 is 7.16. The molecule has 0 atom stereocenters. The maximum Gasteiger partial charge on any atom is 0.183 e. The van der Waals surface area contributed by atoms with E-state index in [-0.39, 0.29) is 5.82 Å². The highest BCUT2D eigenvalue weighted by molar-refractivity contribution is 7.15. The number of thiazole rings is 1. The van der Waals surface area contributed by atoms with Crippen LogP contribution in [0.15, 0.2) is 24.4 Å². The molecule has 96 valence electrons. The van der Waals surface area contributed by atoms with Gasteiger partial charge in [-0.2, -0.15) is 0 Å². The first-order valence-corrected chi connectivity index (χ1v) is 6.65. The average molecular weight is 287 g/mol. The topological polar surface area (TPSA) is 34.1 Å². The molecule has 1 aromatic heterocycles. The van der Waals surface area contributed by atoms with Crippen LogP contribution in [0.2, 0.25) is 4.47 Å². The van der Waals surface area contributed by atoms with Gasteiger partial charge >= 0.3 is 0 Å². The van der Waals surface area contributed by atoms with Gasteiger partial charge in [-0.25, -0.2) is 9.37 Å². The minimum Gasteiger partial charge on any atom is -0.492 e. The fourth-order valence-electron chi connectivity index (χ4n) is 1.46. The molecule has 1 N–H and O–H groups in total. The van der Waals surface area contributed by atoms with Crippen molar-refractivity contribution in [3.63, 3.8) is 0 Å². The fourth-order valence-corrected chi connectivity index (χ4v) is 2.38. The van der Waals surface area contributed by atoms with Gasteiger partial charge in [0.2, 0.25) is 0 Å². The smallest absolute Gasteiger partial charge is 0.183 e. The van der Waals surface area contributed by atoms with E-state index >= 15 is 0 Å². The molecule has 0 aliphatic rings. The van der Waals surface area contributed by atoms with E-state index in [0.29, 0.717) is 23.4 Å². The van der Waals surface area contributed by atoms with Crippen molar-refractivity contribution in [1.82, 2.24) is 4.98 Å². The molecule has 18 heavy (non-hydrogen) atoms. The van der Waals surface area contributed by atoms with E-state index in [1.807, 2.05) is 6.92 Å². The average Bonchev–Trinajstić information content (AvgIpc) is 2.75. The van der Waals surface area contributed by atoms with E-state index < -0.39 is 0 Å². The van der Waals surface area contributed by atoms with E-state index in [4.69, 9.17) is 16.3 Å². The second-order valence-corrected chi connectivity index (χ2v) is 5.20. The third-order valence-corrected chi connectivity index (χ3v) is 3.34. The molecule has 0 fully saturated rings. The van der Waals surface area contributed by atoms with E-state index in [0.717, 1.165) is 10.6 Å². The number of ether oxygens (including phenoxy) is 1. The van der Waals surface area contributed by atoms with Crippen molar-refractivity contribution in [2.24, 2.45) is 0 Å². The summed E-state index contributed by atoms with van der Waals surface area (Å²) in [6, 6.07) is 4.42. The Hall–Kier alpha value is -1.33. The highest BCUT2D eigenvalue weighted by Gasteiger charge is 2.06. The van der Waals surface area contributed by atoms with Gasteiger partial charge in [-0.05, 0) is 19.1 Å². The molecular formula is C12H12ClFN2OS. The maximum atomic E-state index is 13.1. The van der Waals surface area contributed by atoms with Gasteiger partial charge in [0.15, 0.2) is 4.47 Å². The van der Waals surface area contributed by atoms with Crippen LogP contribution in [0.25, 0.3) is 0 Å². The molecule has 6 heteroatoms. The summed E-state index contributed by atoms with van der Waals surface area (Å²) in [7, 11) is 0. The van der Waals surface area contributed by atoms with Gasteiger partial charge in [0.25, 0.3) is 0 Å². The van der Waals surface area contributed by atoms with Crippen molar-refractivity contribution in [2.45, 2.75) is 13.5 Å². The van der Waals surface area contributed by atoms with Gasteiger partial charge in [-0.3, -0.25) is 0 Å². The van der Waals surface area contributed by atoms with Crippen LogP contribution in [0.3, 0.4) is 0 Å². The summed E-state index contributed by atoms with van der Waals surface area (Å²) in [6.45, 7) is 2.93. The summed E-state index contributed by atoms with van der Waals surface area (Å²) in [5.74, 6) is 0.193. The minimum atomic E-state index is -0.315. The number of nitrogens with zero attached hydrogens (tertiary/aromatic N) is 1. The van der Waals surface area contributed by atoms with Crippen molar-refractivity contribution in [3.8, 4) is 5.75 Å². The van der Waals surface area contributed by atoms with Gasteiger partial charge in [0, 0.05) is 17.1 Å². The number of nitrogens with one attached hydrogen (secondary N) is 1. The predicted molar refractivity (Wildman–Crippen MR) is 72.0 cm³/mol. The zero-order chi connectivity index (χ0) is 13.0.